The van der Waals surface area contributed by atoms with Crippen molar-refractivity contribution in [1.82, 2.24) is 15.1 Å². The van der Waals surface area contributed by atoms with Crippen LogP contribution < -0.4 is 10.6 Å². The lowest BCUT2D eigenvalue weighted by molar-refractivity contribution is -0.138. The molecule has 1 aromatic heterocycles. The number of amides is 2. The van der Waals surface area contributed by atoms with Gasteiger partial charge >= 0.3 is 0 Å². The van der Waals surface area contributed by atoms with Crippen LogP contribution in [0.25, 0.3) is 0 Å². The van der Waals surface area contributed by atoms with Crippen molar-refractivity contribution >= 4 is 34.3 Å². The molecule has 2 amide bonds. The predicted molar refractivity (Wildman–Crippen MR) is 104 cm³/mol. The van der Waals surface area contributed by atoms with Crippen molar-refractivity contribution in [2.75, 3.05) is 24.5 Å². The number of carbonyl (C=O) groups excluding carboxylic acids is 2. The monoisotopic (exact) mass is 409 g/mol. The van der Waals surface area contributed by atoms with Crippen molar-refractivity contribution in [2.45, 2.75) is 45.6 Å². The van der Waals surface area contributed by atoms with Gasteiger partial charge in [-0.25, -0.2) is 0 Å². The summed E-state index contributed by atoms with van der Waals surface area (Å²) in [7, 11) is 0. The topological polar surface area (TPSA) is 130 Å². The molecule has 10 heteroatoms. The molecule has 9 nitrogen and oxygen atoms in total. The van der Waals surface area contributed by atoms with E-state index in [1.54, 1.807) is 4.90 Å². The van der Waals surface area contributed by atoms with Gasteiger partial charge in [0, 0.05) is 39.0 Å². The van der Waals surface area contributed by atoms with Crippen molar-refractivity contribution in [2.24, 2.45) is 23.5 Å². The zero-order chi connectivity index (χ0) is 20.4. The summed E-state index contributed by atoms with van der Waals surface area (Å²) in [6, 6.07) is 0.240. The third-order valence-corrected chi connectivity index (χ3v) is 6.77. The number of piperidine rings is 1. The Bertz CT molecular complexity index is 736. The van der Waals surface area contributed by atoms with Crippen molar-refractivity contribution in [3.63, 3.8) is 0 Å². The number of carboxylic acid groups (broad SMARTS) is 1. The fraction of sp³-hybridized carbons (Fsp3) is 0.722. The first kappa shape index (κ1) is 20.7. The van der Waals surface area contributed by atoms with Gasteiger partial charge in [-0.15, -0.1) is 10.2 Å². The van der Waals surface area contributed by atoms with Crippen LogP contribution in [-0.4, -0.2) is 63.7 Å². The molecule has 1 aliphatic carbocycles. The Morgan fingerprint density at radius 2 is 1.82 bits per heavy atom. The van der Waals surface area contributed by atoms with E-state index in [2.05, 4.69) is 10.2 Å². The molecular weight excluding hydrogens is 382 g/mol. The van der Waals surface area contributed by atoms with Gasteiger partial charge in [0.2, 0.25) is 16.9 Å². The number of fused-ring (bicyclic) bond motifs is 2. The number of carboxylic acids is 1. The second-order valence-corrected chi connectivity index (χ2v) is 8.71. The molecule has 2 saturated heterocycles. The van der Waals surface area contributed by atoms with Gasteiger partial charge in [0.25, 0.3) is 5.97 Å². The highest BCUT2D eigenvalue weighted by molar-refractivity contribution is 7.15. The number of likely N-dealkylation sites (tertiary alicyclic amines) is 1. The Kier molecular flexibility index (Phi) is 6.29. The molecule has 3 N–H and O–H groups in total. The molecule has 1 saturated carbocycles. The Morgan fingerprint density at radius 1 is 1.21 bits per heavy atom. The number of rotatable bonds is 3. The van der Waals surface area contributed by atoms with Gasteiger partial charge in [0.15, 0.2) is 0 Å². The van der Waals surface area contributed by atoms with E-state index >= 15 is 0 Å². The number of carbonyl (C=O) groups is 3. The smallest absolute Gasteiger partial charge is 0.300 e. The Labute approximate surface area is 167 Å². The van der Waals surface area contributed by atoms with E-state index in [1.807, 2.05) is 11.8 Å². The quantitative estimate of drug-likeness (QED) is 0.753. The van der Waals surface area contributed by atoms with Crippen LogP contribution >= 0.6 is 11.3 Å². The first-order chi connectivity index (χ1) is 13.3. The van der Waals surface area contributed by atoms with E-state index < -0.39 is 5.97 Å². The van der Waals surface area contributed by atoms with Crippen LogP contribution in [0.2, 0.25) is 0 Å². The summed E-state index contributed by atoms with van der Waals surface area (Å²) in [5, 5.41) is 17.1. The van der Waals surface area contributed by atoms with Gasteiger partial charge in [-0.1, -0.05) is 18.3 Å². The number of aryl methyl sites for hydroxylation is 1. The molecule has 4 atom stereocenters. The van der Waals surface area contributed by atoms with Crippen LogP contribution in [0.3, 0.4) is 0 Å². The third kappa shape index (κ3) is 4.33. The molecule has 4 rings (SSSR count). The van der Waals surface area contributed by atoms with Crippen LogP contribution in [-0.2, 0) is 20.8 Å². The zero-order valence-electron chi connectivity index (χ0n) is 16.2. The lowest BCUT2D eigenvalue weighted by Gasteiger charge is -2.37. The first-order valence-electron chi connectivity index (χ1n) is 9.66. The van der Waals surface area contributed by atoms with Crippen molar-refractivity contribution in [1.29, 1.82) is 0 Å². The number of aromatic nitrogens is 2. The van der Waals surface area contributed by atoms with Crippen LogP contribution in [0.1, 0.15) is 38.1 Å². The number of nitrogens with zero attached hydrogens (tertiary/aromatic N) is 4. The van der Waals surface area contributed by atoms with Gasteiger partial charge < -0.3 is 15.7 Å². The van der Waals surface area contributed by atoms with E-state index in [1.165, 1.54) is 11.3 Å². The Hall–Kier alpha value is -2.07. The van der Waals surface area contributed by atoms with Gasteiger partial charge in [-0.3, -0.25) is 19.3 Å². The molecule has 2 bridgehead atoms. The number of anilines is 1. The minimum atomic E-state index is -0.833. The second kappa shape index (κ2) is 8.52. The molecule has 0 spiro atoms. The summed E-state index contributed by atoms with van der Waals surface area (Å²) in [6.07, 6.45) is 3.32. The normalized spacial score (nSPS) is 28.9. The lowest BCUT2D eigenvalue weighted by Crippen LogP contribution is -2.52. The van der Waals surface area contributed by atoms with E-state index in [-0.39, 0.29) is 30.2 Å². The predicted octanol–water partition coefficient (Wildman–Crippen LogP) is 0.740. The van der Waals surface area contributed by atoms with Crippen LogP contribution in [0, 0.1) is 17.8 Å². The lowest BCUT2D eigenvalue weighted by atomic mass is 9.92. The molecule has 0 radical (unpaired) electrons. The first-order valence-corrected chi connectivity index (χ1v) is 10.5. The highest BCUT2D eigenvalue weighted by atomic mass is 32.1. The number of nitrogens with two attached hydrogens (primary N) is 1. The summed E-state index contributed by atoms with van der Waals surface area (Å²) in [5.74, 6) is -0.161. The second-order valence-electron chi connectivity index (χ2n) is 7.67. The van der Waals surface area contributed by atoms with Gasteiger partial charge in [-0.05, 0) is 31.1 Å². The van der Waals surface area contributed by atoms with Crippen molar-refractivity contribution < 1.29 is 19.5 Å². The van der Waals surface area contributed by atoms with E-state index in [4.69, 9.17) is 15.6 Å². The molecule has 154 valence electrons. The average molecular weight is 410 g/mol. The minimum Gasteiger partial charge on any atom is -0.481 e. The molecule has 2 unspecified atom stereocenters. The summed E-state index contributed by atoms with van der Waals surface area (Å²) in [6.45, 7) is 5.02. The Balaban J connectivity index is 0.000000516. The number of hydrogen-bond donors (Lipinski definition) is 2. The molecule has 3 fully saturated rings. The molecule has 3 aliphatic rings. The largest absolute Gasteiger partial charge is 0.481 e. The minimum absolute atomic E-state index is 0.0242. The van der Waals surface area contributed by atoms with Crippen molar-refractivity contribution in [3.05, 3.63) is 5.01 Å². The maximum Gasteiger partial charge on any atom is 0.300 e. The van der Waals surface area contributed by atoms with Gasteiger partial charge in [0.05, 0.1) is 5.92 Å². The maximum atomic E-state index is 12.9. The average Bonchev–Trinajstić information content (AvgIpc) is 3.30. The number of aliphatic carboxylic acids is 1. The summed E-state index contributed by atoms with van der Waals surface area (Å²) in [4.78, 5) is 37.8. The van der Waals surface area contributed by atoms with Crippen LogP contribution in [0.4, 0.5) is 5.13 Å². The molecular formula is C18H27N5O4S. The van der Waals surface area contributed by atoms with Crippen LogP contribution in [0.5, 0.6) is 0 Å². The highest BCUT2D eigenvalue weighted by Crippen LogP contribution is 2.37. The standard InChI is InChI=1S/C16H23N5O2S.C2H4O2/c1-2-12-18-19-16(24-12)21-8-11(5-13(21)22)15(23)20-6-9-3-4-10(7-20)14(9)17;1-2(3)4/h9-11,14H,2-8,17H2,1H3;1H3,(H,3,4)/t9-,10+,11?,14?;. The fourth-order valence-corrected chi connectivity index (χ4v) is 5.06. The van der Waals surface area contributed by atoms with Crippen molar-refractivity contribution in [3.8, 4) is 0 Å². The zero-order valence-corrected chi connectivity index (χ0v) is 17.0. The summed E-state index contributed by atoms with van der Waals surface area (Å²) in [5.41, 5.74) is 6.22. The van der Waals surface area contributed by atoms with E-state index in [0.717, 1.165) is 44.3 Å². The molecule has 2 aliphatic heterocycles. The van der Waals surface area contributed by atoms with Crippen LogP contribution in [0.15, 0.2) is 0 Å². The maximum absolute atomic E-state index is 12.9. The molecule has 1 aromatic rings. The van der Waals surface area contributed by atoms with Gasteiger partial charge in [-0.2, -0.15) is 0 Å². The fourth-order valence-electron chi connectivity index (χ4n) is 4.26. The summed E-state index contributed by atoms with van der Waals surface area (Å²) >= 11 is 1.44. The molecule has 28 heavy (non-hydrogen) atoms. The SMILES string of the molecule is CC(=O)O.CCc1nnc(N2CC(C(=O)N3C[C@H]4CC[C@@H](C3)C4N)CC2=O)s1. The van der Waals surface area contributed by atoms with Gasteiger partial charge in [0.1, 0.15) is 5.01 Å². The Morgan fingerprint density at radius 3 is 2.36 bits per heavy atom. The third-order valence-electron chi connectivity index (χ3n) is 5.68. The summed E-state index contributed by atoms with van der Waals surface area (Å²) < 4.78 is 0. The number of hydrogen-bond acceptors (Lipinski definition) is 7. The van der Waals surface area contributed by atoms with E-state index in [0.29, 0.717) is 23.5 Å². The molecule has 0 aromatic carbocycles. The highest BCUT2D eigenvalue weighted by Gasteiger charge is 2.44. The van der Waals surface area contributed by atoms with E-state index in [9.17, 15) is 9.59 Å². The molecule has 3 heterocycles.